The van der Waals surface area contributed by atoms with E-state index in [1.54, 1.807) is 29.3 Å². The molecule has 0 aliphatic carbocycles. The van der Waals surface area contributed by atoms with Crippen molar-refractivity contribution in [1.29, 1.82) is 0 Å². The number of hydrogen-bond donors (Lipinski definition) is 1. The highest BCUT2D eigenvalue weighted by Gasteiger charge is 2.16. The molecule has 1 amide bonds. The number of carbonyl (C=O) groups excluding carboxylic acids is 1. The summed E-state index contributed by atoms with van der Waals surface area (Å²) in [5, 5.41) is 0.460. The highest BCUT2D eigenvalue weighted by molar-refractivity contribution is 6.31. The van der Waals surface area contributed by atoms with Crippen LogP contribution in [0.5, 0.6) is 0 Å². The lowest BCUT2D eigenvalue weighted by atomic mass is 10.1. The molecule has 1 aromatic heterocycles. The number of nitrogens with two attached hydrogens (primary N) is 1. The van der Waals surface area contributed by atoms with Gasteiger partial charge in [0.15, 0.2) is 0 Å². The largest absolute Gasteiger partial charge is 0.399 e. The van der Waals surface area contributed by atoms with Gasteiger partial charge in [0.1, 0.15) is 0 Å². The maximum Gasteiger partial charge on any atom is 0.254 e. The monoisotopic (exact) mass is 289 g/mol. The van der Waals surface area contributed by atoms with E-state index in [9.17, 15) is 4.79 Å². The first-order valence-corrected chi connectivity index (χ1v) is 6.73. The van der Waals surface area contributed by atoms with E-state index in [0.717, 1.165) is 5.69 Å². The number of anilines is 1. The molecule has 2 rings (SSSR count). The third-order valence-electron chi connectivity index (χ3n) is 2.92. The van der Waals surface area contributed by atoms with Crippen molar-refractivity contribution in [2.45, 2.75) is 13.5 Å². The maximum absolute atomic E-state index is 12.5. The first kappa shape index (κ1) is 14.3. The number of halogens is 1. The summed E-state index contributed by atoms with van der Waals surface area (Å²) in [5.41, 5.74) is 7.54. The van der Waals surface area contributed by atoms with E-state index in [1.165, 1.54) is 0 Å². The molecule has 0 spiro atoms. The molecule has 0 aliphatic rings. The Labute approximate surface area is 123 Å². The van der Waals surface area contributed by atoms with Crippen LogP contribution in [0.1, 0.15) is 23.0 Å². The first-order chi connectivity index (χ1) is 9.60. The molecule has 0 fully saturated rings. The number of amides is 1. The zero-order valence-electron chi connectivity index (χ0n) is 11.2. The average Bonchev–Trinajstić information content (AvgIpc) is 2.44. The van der Waals surface area contributed by atoms with E-state index in [-0.39, 0.29) is 5.91 Å². The van der Waals surface area contributed by atoms with Crippen molar-refractivity contribution in [2.75, 3.05) is 12.3 Å². The van der Waals surface area contributed by atoms with Crippen molar-refractivity contribution >= 4 is 23.2 Å². The summed E-state index contributed by atoms with van der Waals surface area (Å²) in [6, 6.07) is 10.5. The van der Waals surface area contributed by atoms with Crippen LogP contribution in [0.15, 0.2) is 42.6 Å². The lowest BCUT2D eigenvalue weighted by molar-refractivity contribution is 0.0750. The Bertz CT molecular complexity index is 581. The van der Waals surface area contributed by atoms with Gasteiger partial charge in [-0.3, -0.25) is 9.78 Å². The minimum atomic E-state index is -0.104. The summed E-state index contributed by atoms with van der Waals surface area (Å²) in [7, 11) is 0. The molecule has 0 aliphatic heterocycles. The van der Waals surface area contributed by atoms with Crippen LogP contribution in [0.2, 0.25) is 5.02 Å². The first-order valence-electron chi connectivity index (χ1n) is 6.35. The molecule has 5 heteroatoms. The number of aromatic nitrogens is 1. The number of nitrogens with zero attached hydrogens (tertiary/aromatic N) is 2. The van der Waals surface area contributed by atoms with E-state index < -0.39 is 0 Å². The number of pyridine rings is 1. The topological polar surface area (TPSA) is 59.2 Å². The van der Waals surface area contributed by atoms with Crippen molar-refractivity contribution in [1.82, 2.24) is 9.88 Å². The van der Waals surface area contributed by atoms with Crippen LogP contribution in [0.25, 0.3) is 0 Å². The van der Waals surface area contributed by atoms with Gasteiger partial charge >= 0.3 is 0 Å². The fourth-order valence-electron chi connectivity index (χ4n) is 1.93. The van der Waals surface area contributed by atoms with Gasteiger partial charge in [-0.05, 0) is 37.3 Å². The Kier molecular flexibility index (Phi) is 4.58. The Morgan fingerprint density at radius 3 is 2.75 bits per heavy atom. The fourth-order valence-corrected chi connectivity index (χ4v) is 2.18. The van der Waals surface area contributed by atoms with E-state index in [1.807, 2.05) is 25.1 Å². The van der Waals surface area contributed by atoms with Crippen LogP contribution in [-0.2, 0) is 6.54 Å². The molecule has 0 saturated carbocycles. The fraction of sp³-hybridized carbons (Fsp3) is 0.200. The minimum Gasteiger partial charge on any atom is -0.399 e. The molecular weight excluding hydrogens is 274 g/mol. The van der Waals surface area contributed by atoms with Crippen LogP contribution < -0.4 is 5.73 Å². The molecule has 4 nitrogen and oxygen atoms in total. The lowest BCUT2D eigenvalue weighted by Gasteiger charge is -2.20. The van der Waals surface area contributed by atoms with Gasteiger partial charge in [-0.25, -0.2) is 0 Å². The SMILES string of the molecule is CCN(Cc1ccccn1)C(=O)c1cc(N)cc(Cl)c1. The summed E-state index contributed by atoms with van der Waals surface area (Å²) < 4.78 is 0. The van der Waals surface area contributed by atoms with E-state index in [4.69, 9.17) is 17.3 Å². The summed E-state index contributed by atoms with van der Waals surface area (Å²) in [5.74, 6) is -0.104. The number of carbonyl (C=O) groups is 1. The van der Waals surface area contributed by atoms with Gasteiger partial charge in [0.05, 0.1) is 12.2 Å². The van der Waals surface area contributed by atoms with Gasteiger partial charge in [0, 0.05) is 29.0 Å². The Morgan fingerprint density at radius 1 is 1.35 bits per heavy atom. The molecule has 0 unspecified atom stereocenters. The maximum atomic E-state index is 12.5. The van der Waals surface area contributed by atoms with Crippen LogP contribution in [0.4, 0.5) is 5.69 Å². The number of nitrogen functional groups attached to an aromatic ring is 1. The second-order valence-electron chi connectivity index (χ2n) is 4.41. The second kappa shape index (κ2) is 6.39. The summed E-state index contributed by atoms with van der Waals surface area (Å²) in [4.78, 5) is 18.4. The van der Waals surface area contributed by atoms with Gasteiger partial charge in [-0.15, -0.1) is 0 Å². The van der Waals surface area contributed by atoms with Crippen LogP contribution in [0.3, 0.4) is 0 Å². The predicted octanol–water partition coefficient (Wildman–Crippen LogP) is 2.98. The van der Waals surface area contributed by atoms with Crippen molar-refractivity contribution in [3.63, 3.8) is 0 Å². The van der Waals surface area contributed by atoms with Crippen molar-refractivity contribution in [3.8, 4) is 0 Å². The molecule has 104 valence electrons. The second-order valence-corrected chi connectivity index (χ2v) is 4.85. The molecule has 0 radical (unpaired) electrons. The smallest absolute Gasteiger partial charge is 0.254 e. The predicted molar refractivity (Wildman–Crippen MR) is 80.5 cm³/mol. The molecule has 2 aromatic rings. The van der Waals surface area contributed by atoms with Gasteiger partial charge in [0.2, 0.25) is 0 Å². The summed E-state index contributed by atoms with van der Waals surface area (Å²) in [6.45, 7) is 2.97. The van der Waals surface area contributed by atoms with Gasteiger partial charge < -0.3 is 10.6 Å². The Morgan fingerprint density at radius 2 is 2.15 bits per heavy atom. The van der Waals surface area contributed by atoms with Crippen molar-refractivity contribution < 1.29 is 4.79 Å². The molecular formula is C15H16ClN3O. The van der Waals surface area contributed by atoms with Gasteiger partial charge in [-0.1, -0.05) is 17.7 Å². The molecule has 1 heterocycles. The molecule has 0 atom stereocenters. The number of rotatable bonds is 4. The minimum absolute atomic E-state index is 0.104. The van der Waals surface area contributed by atoms with E-state index >= 15 is 0 Å². The normalized spacial score (nSPS) is 10.3. The molecule has 0 saturated heterocycles. The van der Waals surface area contributed by atoms with E-state index in [2.05, 4.69) is 4.98 Å². The van der Waals surface area contributed by atoms with Gasteiger partial charge in [-0.2, -0.15) is 0 Å². The highest BCUT2D eigenvalue weighted by atomic mass is 35.5. The highest BCUT2D eigenvalue weighted by Crippen LogP contribution is 2.18. The molecule has 1 aromatic carbocycles. The van der Waals surface area contributed by atoms with Crippen LogP contribution in [-0.4, -0.2) is 22.3 Å². The summed E-state index contributed by atoms with van der Waals surface area (Å²) >= 11 is 5.94. The van der Waals surface area contributed by atoms with Crippen LogP contribution in [0, 0.1) is 0 Å². The lowest BCUT2D eigenvalue weighted by Crippen LogP contribution is -2.30. The zero-order valence-corrected chi connectivity index (χ0v) is 12.0. The third kappa shape index (κ3) is 3.48. The van der Waals surface area contributed by atoms with Crippen molar-refractivity contribution in [2.24, 2.45) is 0 Å². The average molecular weight is 290 g/mol. The molecule has 2 N–H and O–H groups in total. The van der Waals surface area contributed by atoms with Gasteiger partial charge in [0.25, 0.3) is 5.91 Å². The molecule has 0 bridgehead atoms. The van der Waals surface area contributed by atoms with Crippen molar-refractivity contribution in [3.05, 3.63) is 58.9 Å². The quantitative estimate of drug-likeness (QED) is 0.880. The van der Waals surface area contributed by atoms with Crippen LogP contribution >= 0.6 is 11.6 Å². The number of hydrogen-bond acceptors (Lipinski definition) is 3. The standard InChI is InChI=1S/C15H16ClN3O/c1-2-19(10-14-5-3-4-6-18-14)15(20)11-7-12(16)9-13(17)8-11/h3-9H,2,10,17H2,1H3. The number of benzene rings is 1. The third-order valence-corrected chi connectivity index (χ3v) is 3.13. The zero-order chi connectivity index (χ0) is 14.5. The van der Waals surface area contributed by atoms with E-state index in [0.29, 0.717) is 29.4 Å². The molecule has 20 heavy (non-hydrogen) atoms. The summed E-state index contributed by atoms with van der Waals surface area (Å²) in [6.07, 6.45) is 1.71. The Balaban J connectivity index is 2.20. The Hall–Kier alpha value is -2.07.